The van der Waals surface area contributed by atoms with Gasteiger partial charge in [0.15, 0.2) is 0 Å². The summed E-state index contributed by atoms with van der Waals surface area (Å²) in [5, 5.41) is 11.9. The van der Waals surface area contributed by atoms with Crippen LogP contribution >= 0.6 is 0 Å². The highest BCUT2D eigenvalue weighted by Gasteiger charge is 2.65. The summed E-state index contributed by atoms with van der Waals surface area (Å²) in [6.45, 7) is 6.19. The number of rotatable bonds is 5. The molecule has 1 aromatic carbocycles. The van der Waals surface area contributed by atoms with Gasteiger partial charge in [0.1, 0.15) is 0 Å². The van der Waals surface area contributed by atoms with E-state index in [1.165, 1.54) is 5.56 Å². The highest BCUT2D eigenvalue weighted by molar-refractivity contribution is 5.91. The Kier molecular flexibility index (Phi) is 3.84. The zero-order chi connectivity index (χ0) is 14.9. The number of aryl methyl sites for hydroxylation is 1. The molecule has 0 saturated heterocycles. The van der Waals surface area contributed by atoms with Gasteiger partial charge in [-0.2, -0.15) is 0 Å². The number of carboxylic acid groups (broad SMARTS) is 1. The molecule has 2 unspecified atom stereocenters. The number of carboxylic acids is 1. The van der Waals surface area contributed by atoms with Crippen LogP contribution in [0.25, 0.3) is 0 Å². The number of nitrogens with one attached hydrogen (secondary N) is 1. The lowest BCUT2D eigenvalue weighted by atomic mass is 10.1. The first-order chi connectivity index (χ1) is 9.37. The first kappa shape index (κ1) is 14.6. The molecule has 0 heterocycles. The molecule has 2 rings (SSSR count). The van der Waals surface area contributed by atoms with Gasteiger partial charge in [-0.05, 0) is 23.0 Å². The van der Waals surface area contributed by atoms with Gasteiger partial charge in [-0.15, -0.1) is 0 Å². The van der Waals surface area contributed by atoms with Crippen LogP contribution in [-0.2, 0) is 22.6 Å². The summed E-state index contributed by atoms with van der Waals surface area (Å²) in [5.41, 5.74) is 1.84. The van der Waals surface area contributed by atoms with Gasteiger partial charge in [0.05, 0.1) is 11.8 Å². The van der Waals surface area contributed by atoms with Crippen LogP contribution in [0.2, 0.25) is 0 Å². The van der Waals surface area contributed by atoms with Crippen molar-refractivity contribution in [2.45, 2.75) is 33.7 Å². The highest BCUT2D eigenvalue weighted by Crippen LogP contribution is 2.58. The van der Waals surface area contributed by atoms with Crippen molar-refractivity contribution in [2.75, 3.05) is 0 Å². The Morgan fingerprint density at radius 2 is 1.70 bits per heavy atom. The lowest BCUT2D eigenvalue weighted by Gasteiger charge is -2.07. The normalized spacial score (nSPS) is 23.1. The molecule has 1 aliphatic carbocycles. The summed E-state index contributed by atoms with van der Waals surface area (Å²) in [7, 11) is 0. The maximum Gasteiger partial charge on any atom is 0.307 e. The average Bonchev–Trinajstić information content (AvgIpc) is 3.00. The molecule has 2 N–H and O–H groups in total. The molecule has 0 bridgehead atoms. The molecule has 2 atom stereocenters. The van der Waals surface area contributed by atoms with Crippen molar-refractivity contribution in [3.63, 3.8) is 0 Å². The molecule has 0 aliphatic heterocycles. The Balaban J connectivity index is 1.91. The molecule has 1 fully saturated rings. The minimum atomic E-state index is -0.887. The number of carbonyl (C=O) groups excluding carboxylic acids is 1. The Labute approximate surface area is 119 Å². The number of carbonyl (C=O) groups is 2. The van der Waals surface area contributed by atoms with Gasteiger partial charge in [-0.1, -0.05) is 45.0 Å². The van der Waals surface area contributed by atoms with E-state index in [9.17, 15) is 9.59 Å². The van der Waals surface area contributed by atoms with E-state index in [0.717, 1.165) is 12.0 Å². The van der Waals surface area contributed by atoms with E-state index in [2.05, 4.69) is 12.2 Å². The average molecular weight is 275 g/mol. The fraction of sp³-hybridized carbons (Fsp3) is 0.500. The number of aliphatic carboxylic acids is 1. The van der Waals surface area contributed by atoms with Crippen molar-refractivity contribution in [2.24, 2.45) is 17.3 Å². The quantitative estimate of drug-likeness (QED) is 0.866. The zero-order valence-corrected chi connectivity index (χ0v) is 12.1. The summed E-state index contributed by atoms with van der Waals surface area (Å²) >= 11 is 0. The van der Waals surface area contributed by atoms with E-state index in [0.29, 0.717) is 6.54 Å². The third-order valence-corrected chi connectivity index (χ3v) is 4.27. The Morgan fingerprint density at radius 3 is 2.15 bits per heavy atom. The standard InChI is InChI=1S/C16H21NO3/c1-4-10-5-7-11(8-6-10)9-17-14(18)12-13(15(19)20)16(12,2)3/h5-8,12-13H,4,9H2,1-3H3,(H,17,18)(H,19,20). The van der Waals surface area contributed by atoms with Crippen LogP contribution < -0.4 is 5.32 Å². The lowest BCUT2D eigenvalue weighted by Crippen LogP contribution is -2.26. The van der Waals surface area contributed by atoms with E-state index < -0.39 is 23.2 Å². The van der Waals surface area contributed by atoms with Crippen LogP contribution in [0.15, 0.2) is 24.3 Å². The Bertz CT molecular complexity index is 519. The van der Waals surface area contributed by atoms with Crippen molar-refractivity contribution in [1.29, 1.82) is 0 Å². The molecule has 1 saturated carbocycles. The number of hydrogen-bond donors (Lipinski definition) is 2. The predicted molar refractivity (Wildman–Crippen MR) is 76.1 cm³/mol. The molecular formula is C16H21NO3. The summed E-state index contributed by atoms with van der Waals surface area (Å²) in [6, 6.07) is 8.07. The topological polar surface area (TPSA) is 66.4 Å². The van der Waals surface area contributed by atoms with Crippen molar-refractivity contribution in [1.82, 2.24) is 5.32 Å². The lowest BCUT2D eigenvalue weighted by molar-refractivity contribution is -0.140. The summed E-state index contributed by atoms with van der Waals surface area (Å²) in [6.07, 6.45) is 0.989. The molecule has 1 aliphatic rings. The van der Waals surface area contributed by atoms with Crippen LogP contribution in [0.1, 0.15) is 31.9 Å². The van der Waals surface area contributed by atoms with E-state index >= 15 is 0 Å². The van der Waals surface area contributed by atoms with Gasteiger partial charge in [-0.25, -0.2) is 0 Å². The third kappa shape index (κ3) is 2.69. The van der Waals surface area contributed by atoms with Crippen LogP contribution in [0.5, 0.6) is 0 Å². The summed E-state index contributed by atoms with van der Waals surface area (Å²) < 4.78 is 0. The molecule has 108 valence electrons. The predicted octanol–water partition coefficient (Wildman–Crippen LogP) is 2.22. The van der Waals surface area contributed by atoms with E-state index in [1.807, 2.05) is 38.1 Å². The molecule has 20 heavy (non-hydrogen) atoms. The molecule has 4 heteroatoms. The second kappa shape index (κ2) is 5.27. The minimum Gasteiger partial charge on any atom is -0.481 e. The SMILES string of the molecule is CCc1ccc(CNC(=O)C2C(C(=O)O)C2(C)C)cc1. The zero-order valence-electron chi connectivity index (χ0n) is 12.1. The molecular weight excluding hydrogens is 254 g/mol. The smallest absolute Gasteiger partial charge is 0.307 e. The Hall–Kier alpha value is -1.84. The first-order valence-electron chi connectivity index (χ1n) is 6.96. The van der Waals surface area contributed by atoms with Crippen molar-refractivity contribution in [3.05, 3.63) is 35.4 Å². The summed E-state index contributed by atoms with van der Waals surface area (Å²) in [5.74, 6) is -2.04. The molecule has 0 spiro atoms. The van der Waals surface area contributed by atoms with E-state index in [-0.39, 0.29) is 5.91 Å². The van der Waals surface area contributed by atoms with Crippen molar-refractivity contribution >= 4 is 11.9 Å². The van der Waals surface area contributed by atoms with Gasteiger partial charge >= 0.3 is 5.97 Å². The molecule has 4 nitrogen and oxygen atoms in total. The number of hydrogen-bond acceptors (Lipinski definition) is 2. The molecule has 1 amide bonds. The maximum atomic E-state index is 12.1. The molecule has 0 aromatic heterocycles. The van der Waals surface area contributed by atoms with Gasteiger partial charge in [-0.3, -0.25) is 9.59 Å². The van der Waals surface area contributed by atoms with Crippen LogP contribution in [0.3, 0.4) is 0 Å². The van der Waals surface area contributed by atoms with Crippen LogP contribution in [-0.4, -0.2) is 17.0 Å². The second-order valence-corrected chi connectivity index (χ2v) is 6.00. The van der Waals surface area contributed by atoms with Crippen LogP contribution in [0, 0.1) is 17.3 Å². The second-order valence-electron chi connectivity index (χ2n) is 6.00. The first-order valence-corrected chi connectivity index (χ1v) is 6.96. The van der Waals surface area contributed by atoms with Gasteiger partial charge < -0.3 is 10.4 Å². The minimum absolute atomic E-state index is 0.165. The maximum absolute atomic E-state index is 12.1. The number of benzene rings is 1. The fourth-order valence-corrected chi connectivity index (χ4v) is 2.78. The molecule has 1 aromatic rings. The van der Waals surface area contributed by atoms with Crippen molar-refractivity contribution in [3.8, 4) is 0 Å². The van der Waals surface area contributed by atoms with Crippen LogP contribution in [0.4, 0.5) is 0 Å². The molecule has 0 radical (unpaired) electrons. The van der Waals surface area contributed by atoms with Crippen molar-refractivity contribution < 1.29 is 14.7 Å². The fourth-order valence-electron chi connectivity index (χ4n) is 2.78. The largest absolute Gasteiger partial charge is 0.481 e. The van der Waals surface area contributed by atoms with E-state index in [1.54, 1.807) is 0 Å². The third-order valence-electron chi connectivity index (χ3n) is 4.27. The van der Waals surface area contributed by atoms with E-state index in [4.69, 9.17) is 5.11 Å². The van der Waals surface area contributed by atoms with Gasteiger partial charge in [0.2, 0.25) is 5.91 Å². The Morgan fingerprint density at radius 1 is 1.15 bits per heavy atom. The highest BCUT2D eigenvalue weighted by atomic mass is 16.4. The van der Waals surface area contributed by atoms with Gasteiger partial charge in [0, 0.05) is 6.54 Å². The summed E-state index contributed by atoms with van der Waals surface area (Å²) in [4.78, 5) is 23.1. The number of amides is 1. The monoisotopic (exact) mass is 275 g/mol. The van der Waals surface area contributed by atoms with Gasteiger partial charge in [0.25, 0.3) is 0 Å².